The molecular formula is C18H30N2O. The largest absolute Gasteiger partial charge is 0.373 e. The van der Waals surface area contributed by atoms with E-state index in [1.165, 1.54) is 11.1 Å². The Balaban J connectivity index is 2.07. The van der Waals surface area contributed by atoms with Crippen LogP contribution in [0, 0.1) is 6.92 Å². The van der Waals surface area contributed by atoms with E-state index in [1.54, 1.807) is 0 Å². The molecule has 0 aliphatic carbocycles. The maximum atomic E-state index is 5.85. The average molecular weight is 290 g/mol. The summed E-state index contributed by atoms with van der Waals surface area (Å²) in [5.41, 5.74) is 2.80. The fraction of sp³-hybridized carbons (Fsp3) is 0.667. The second-order valence-corrected chi connectivity index (χ2v) is 6.34. The van der Waals surface area contributed by atoms with E-state index < -0.39 is 0 Å². The number of nitrogens with zero attached hydrogens (tertiary/aromatic N) is 1. The van der Waals surface area contributed by atoms with Crippen molar-refractivity contribution in [2.45, 2.75) is 52.4 Å². The number of morpholine rings is 1. The molecule has 21 heavy (non-hydrogen) atoms. The molecule has 0 saturated carbocycles. The lowest BCUT2D eigenvalue weighted by Gasteiger charge is -2.37. The van der Waals surface area contributed by atoms with Crippen LogP contribution in [0.2, 0.25) is 0 Å². The Morgan fingerprint density at radius 1 is 1.24 bits per heavy atom. The molecule has 0 radical (unpaired) electrons. The van der Waals surface area contributed by atoms with Gasteiger partial charge >= 0.3 is 0 Å². The van der Waals surface area contributed by atoms with Crippen LogP contribution in [-0.4, -0.2) is 43.3 Å². The molecule has 0 bridgehead atoms. The van der Waals surface area contributed by atoms with Crippen LogP contribution in [0.1, 0.15) is 44.4 Å². The normalized spacial score (nSPS) is 25.0. The predicted molar refractivity (Wildman–Crippen MR) is 88.7 cm³/mol. The highest BCUT2D eigenvalue weighted by Crippen LogP contribution is 2.21. The summed E-state index contributed by atoms with van der Waals surface area (Å²) in [6.45, 7) is 13.0. The summed E-state index contributed by atoms with van der Waals surface area (Å²) in [6.07, 6.45) is 1.83. The van der Waals surface area contributed by atoms with Crippen LogP contribution < -0.4 is 5.32 Å². The van der Waals surface area contributed by atoms with Gasteiger partial charge in [-0.15, -0.1) is 0 Å². The number of rotatable bonds is 6. The highest BCUT2D eigenvalue weighted by atomic mass is 16.5. The van der Waals surface area contributed by atoms with E-state index in [1.807, 2.05) is 0 Å². The molecule has 3 nitrogen and oxygen atoms in total. The second kappa shape index (κ2) is 7.92. The van der Waals surface area contributed by atoms with Crippen molar-refractivity contribution in [1.82, 2.24) is 10.2 Å². The van der Waals surface area contributed by atoms with E-state index in [0.29, 0.717) is 18.2 Å². The van der Waals surface area contributed by atoms with Crippen molar-refractivity contribution in [3.63, 3.8) is 0 Å². The van der Waals surface area contributed by atoms with Crippen LogP contribution in [0.15, 0.2) is 24.3 Å². The van der Waals surface area contributed by atoms with Crippen LogP contribution in [0.5, 0.6) is 0 Å². The minimum absolute atomic E-state index is 0.331. The van der Waals surface area contributed by atoms with E-state index in [0.717, 1.165) is 32.6 Å². The zero-order chi connectivity index (χ0) is 15.2. The number of aryl methyl sites for hydroxylation is 1. The zero-order valence-electron chi connectivity index (χ0n) is 13.9. The van der Waals surface area contributed by atoms with E-state index in [4.69, 9.17) is 4.74 Å². The SMILES string of the molecule is CCCNC(CN1C[C@@H](C)O[C@@H](C)C1)c1ccccc1C. The van der Waals surface area contributed by atoms with Crippen LogP contribution >= 0.6 is 0 Å². The molecular weight excluding hydrogens is 260 g/mol. The van der Waals surface area contributed by atoms with Crippen LogP contribution in [0.25, 0.3) is 0 Å². The molecule has 1 fully saturated rings. The van der Waals surface area contributed by atoms with Crippen molar-refractivity contribution in [3.05, 3.63) is 35.4 Å². The number of benzene rings is 1. The molecule has 1 saturated heterocycles. The maximum Gasteiger partial charge on any atom is 0.0678 e. The van der Waals surface area contributed by atoms with E-state index >= 15 is 0 Å². The molecule has 0 spiro atoms. The molecule has 1 N–H and O–H groups in total. The Morgan fingerprint density at radius 2 is 1.90 bits per heavy atom. The maximum absolute atomic E-state index is 5.85. The first-order valence-electron chi connectivity index (χ1n) is 8.26. The number of nitrogens with one attached hydrogen (secondary N) is 1. The van der Waals surface area contributed by atoms with Crippen molar-refractivity contribution >= 4 is 0 Å². The van der Waals surface area contributed by atoms with Gasteiger partial charge in [0.15, 0.2) is 0 Å². The lowest BCUT2D eigenvalue weighted by atomic mass is 10.00. The zero-order valence-corrected chi connectivity index (χ0v) is 13.9. The topological polar surface area (TPSA) is 24.5 Å². The van der Waals surface area contributed by atoms with Crippen LogP contribution in [0.3, 0.4) is 0 Å². The molecule has 2 rings (SSSR count). The Bertz CT molecular complexity index is 425. The standard InChI is InChI=1S/C18H30N2O/c1-5-10-19-18(17-9-7-6-8-14(17)2)13-20-11-15(3)21-16(4)12-20/h6-9,15-16,18-19H,5,10-13H2,1-4H3/t15-,16+,18?. The molecule has 0 amide bonds. The smallest absolute Gasteiger partial charge is 0.0678 e. The van der Waals surface area contributed by atoms with Gasteiger partial charge in [-0.2, -0.15) is 0 Å². The third-order valence-corrected chi connectivity index (χ3v) is 4.14. The Labute approximate surface area is 129 Å². The molecule has 3 heteroatoms. The van der Waals surface area contributed by atoms with Crippen LogP contribution in [-0.2, 0) is 4.74 Å². The molecule has 1 aromatic rings. The highest BCUT2D eigenvalue weighted by Gasteiger charge is 2.25. The molecule has 3 atom stereocenters. The van der Waals surface area contributed by atoms with Gasteiger partial charge in [0.25, 0.3) is 0 Å². The van der Waals surface area contributed by atoms with Gasteiger partial charge in [0, 0.05) is 25.7 Å². The molecule has 1 aromatic carbocycles. The minimum Gasteiger partial charge on any atom is -0.373 e. The van der Waals surface area contributed by atoms with Crippen molar-refractivity contribution in [2.75, 3.05) is 26.2 Å². The molecule has 1 unspecified atom stereocenters. The summed E-state index contributed by atoms with van der Waals surface area (Å²) < 4.78 is 5.85. The predicted octanol–water partition coefficient (Wildman–Crippen LogP) is 3.14. The summed E-state index contributed by atoms with van der Waals surface area (Å²) >= 11 is 0. The molecule has 1 aliphatic heterocycles. The van der Waals surface area contributed by atoms with Gasteiger partial charge in [-0.05, 0) is 44.9 Å². The fourth-order valence-electron chi connectivity index (χ4n) is 3.26. The summed E-state index contributed by atoms with van der Waals surface area (Å²) in [4.78, 5) is 2.54. The summed E-state index contributed by atoms with van der Waals surface area (Å²) in [5.74, 6) is 0. The number of hydrogen-bond donors (Lipinski definition) is 1. The van der Waals surface area contributed by atoms with Gasteiger partial charge in [-0.1, -0.05) is 31.2 Å². The first-order chi connectivity index (χ1) is 10.1. The molecule has 1 heterocycles. The fourth-order valence-corrected chi connectivity index (χ4v) is 3.26. The van der Waals surface area contributed by atoms with E-state index in [9.17, 15) is 0 Å². The third-order valence-electron chi connectivity index (χ3n) is 4.14. The summed E-state index contributed by atoms with van der Waals surface area (Å²) in [7, 11) is 0. The van der Waals surface area contributed by atoms with Crippen molar-refractivity contribution < 1.29 is 4.74 Å². The summed E-state index contributed by atoms with van der Waals surface area (Å²) in [6, 6.07) is 9.14. The lowest BCUT2D eigenvalue weighted by Crippen LogP contribution is -2.48. The number of hydrogen-bond acceptors (Lipinski definition) is 3. The third kappa shape index (κ3) is 4.80. The van der Waals surface area contributed by atoms with Gasteiger partial charge in [-0.3, -0.25) is 4.90 Å². The molecule has 1 aliphatic rings. The first-order valence-corrected chi connectivity index (χ1v) is 8.26. The first kappa shape index (κ1) is 16.5. The van der Waals surface area contributed by atoms with Gasteiger partial charge in [0.05, 0.1) is 12.2 Å². The van der Waals surface area contributed by atoms with Crippen LogP contribution in [0.4, 0.5) is 0 Å². The summed E-state index contributed by atoms with van der Waals surface area (Å²) in [5, 5.41) is 3.72. The van der Waals surface area contributed by atoms with Gasteiger partial charge in [0.2, 0.25) is 0 Å². The molecule has 0 aromatic heterocycles. The number of ether oxygens (including phenoxy) is 1. The Hall–Kier alpha value is -0.900. The monoisotopic (exact) mass is 290 g/mol. The Kier molecular flexibility index (Phi) is 6.22. The van der Waals surface area contributed by atoms with Gasteiger partial charge in [0.1, 0.15) is 0 Å². The Morgan fingerprint density at radius 3 is 2.52 bits per heavy atom. The van der Waals surface area contributed by atoms with Crippen molar-refractivity contribution in [1.29, 1.82) is 0 Å². The van der Waals surface area contributed by atoms with Crippen molar-refractivity contribution in [3.8, 4) is 0 Å². The average Bonchev–Trinajstić information content (AvgIpc) is 2.43. The molecule has 118 valence electrons. The van der Waals surface area contributed by atoms with Crippen molar-refractivity contribution in [2.24, 2.45) is 0 Å². The minimum atomic E-state index is 0.331. The van der Waals surface area contributed by atoms with Gasteiger partial charge < -0.3 is 10.1 Å². The quantitative estimate of drug-likeness (QED) is 0.871. The van der Waals surface area contributed by atoms with E-state index in [-0.39, 0.29) is 0 Å². The highest BCUT2D eigenvalue weighted by molar-refractivity contribution is 5.29. The van der Waals surface area contributed by atoms with E-state index in [2.05, 4.69) is 62.2 Å². The second-order valence-electron chi connectivity index (χ2n) is 6.34. The lowest BCUT2D eigenvalue weighted by molar-refractivity contribution is -0.0699. The van der Waals surface area contributed by atoms with Gasteiger partial charge in [-0.25, -0.2) is 0 Å².